The molecule has 2 aromatic rings. The van der Waals surface area contributed by atoms with Crippen LogP contribution < -0.4 is 0 Å². The van der Waals surface area contributed by atoms with E-state index in [0.717, 1.165) is 63.1 Å². The average molecular weight is 444 g/mol. The van der Waals surface area contributed by atoms with Gasteiger partial charge in [-0.05, 0) is 58.0 Å². The molecule has 1 saturated heterocycles. The zero-order valence-corrected chi connectivity index (χ0v) is 20.1. The smallest absolute Gasteiger partial charge is 0.272 e. The number of likely N-dealkylation sites (N-methyl/N-ethyl adjacent to an activating group) is 1. The maximum absolute atomic E-state index is 14.1. The van der Waals surface area contributed by atoms with E-state index in [1.807, 2.05) is 44.2 Å². The predicted molar refractivity (Wildman–Crippen MR) is 126 cm³/mol. The van der Waals surface area contributed by atoms with Gasteiger partial charge in [-0.1, -0.05) is 31.5 Å². The van der Waals surface area contributed by atoms with Crippen LogP contribution >= 0.6 is 0 Å². The van der Waals surface area contributed by atoms with E-state index in [1.54, 1.807) is 10.7 Å². The Morgan fingerprint density at radius 1 is 1.25 bits per heavy atom. The summed E-state index contributed by atoms with van der Waals surface area (Å²) in [6.45, 7) is 6.81. The Hall–Kier alpha value is -2.25. The van der Waals surface area contributed by atoms with E-state index in [-0.39, 0.29) is 11.7 Å². The second kappa shape index (κ2) is 11.6. The highest BCUT2D eigenvalue weighted by molar-refractivity contribution is 5.92. The average Bonchev–Trinajstić information content (AvgIpc) is 3.13. The molecule has 0 aliphatic carbocycles. The Morgan fingerprint density at radius 2 is 2.03 bits per heavy atom. The molecular formula is C25H38FN5O. The van der Waals surface area contributed by atoms with Gasteiger partial charge in [-0.25, -0.2) is 4.39 Å². The van der Waals surface area contributed by atoms with Gasteiger partial charge < -0.3 is 9.80 Å². The Bertz CT molecular complexity index is 881. The minimum absolute atomic E-state index is 0.0513. The first kappa shape index (κ1) is 24.4. The van der Waals surface area contributed by atoms with Crippen LogP contribution in [0.4, 0.5) is 4.39 Å². The van der Waals surface area contributed by atoms with E-state index in [4.69, 9.17) is 0 Å². The number of carbonyl (C=O) groups excluding carboxylic acids is 1. The van der Waals surface area contributed by atoms with Gasteiger partial charge in [0, 0.05) is 45.3 Å². The summed E-state index contributed by atoms with van der Waals surface area (Å²) in [5.41, 5.74) is 2.37. The third-order valence-electron chi connectivity index (χ3n) is 6.19. The third-order valence-corrected chi connectivity index (χ3v) is 6.19. The van der Waals surface area contributed by atoms with Crippen LogP contribution in [0.3, 0.4) is 0 Å². The second-order valence-electron chi connectivity index (χ2n) is 9.28. The van der Waals surface area contributed by atoms with Gasteiger partial charge in [0.1, 0.15) is 11.5 Å². The molecule has 1 amide bonds. The number of benzene rings is 1. The summed E-state index contributed by atoms with van der Waals surface area (Å²) in [5, 5.41) is 4.53. The predicted octanol–water partition coefficient (Wildman–Crippen LogP) is 3.43. The van der Waals surface area contributed by atoms with Gasteiger partial charge in [-0.2, -0.15) is 5.10 Å². The molecule has 0 bridgehead atoms. The van der Waals surface area contributed by atoms with Crippen LogP contribution in [0.1, 0.15) is 47.9 Å². The van der Waals surface area contributed by atoms with Crippen molar-refractivity contribution in [3.8, 4) is 0 Å². The van der Waals surface area contributed by atoms with Crippen molar-refractivity contribution in [2.75, 3.05) is 46.8 Å². The van der Waals surface area contributed by atoms with E-state index in [0.29, 0.717) is 24.7 Å². The Kier molecular flexibility index (Phi) is 8.82. The SMILES string of the molecule is CCCc1cc(C(=O)N(CCN(C)C)C[C@H]2CCCN(Cc3ccccc3F)C2)n(C)n1. The van der Waals surface area contributed by atoms with Gasteiger partial charge in [-0.15, -0.1) is 0 Å². The number of carbonyl (C=O) groups is 1. The number of halogens is 1. The molecule has 1 atom stereocenters. The summed E-state index contributed by atoms with van der Waals surface area (Å²) >= 11 is 0. The lowest BCUT2D eigenvalue weighted by atomic mass is 9.96. The lowest BCUT2D eigenvalue weighted by Crippen LogP contribution is -2.45. The van der Waals surface area contributed by atoms with Crippen molar-refractivity contribution >= 4 is 5.91 Å². The van der Waals surface area contributed by atoms with Crippen LogP contribution in [0.5, 0.6) is 0 Å². The molecule has 1 aliphatic heterocycles. The minimum atomic E-state index is -0.142. The number of hydrogen-bond acceptors (Lipinski definition) is 4. The largest absolute Gasteiger partial charge is 0.336 e. The van der Waals surface area contributed by atoms with Crippen molar-refractivity contribution in [3.63, 3.8) is 0 Å². The van der Waals surface area contributed by atoms with Crippen molar-refractivity contribution in [3.05, 3.63) is 53.1 Å². The molecule has 0 N–H and O–H groups in total. The first-order valence-electron chi connectivity index (χ1n) is 11.8. The summed E-state index contributed by atoms with van der Waals surface area (Å²) in [6.07, 6.45) is 4.05. The van der Waals surface area contributed by atoms with Gasteiger partial charge in [0.25, 0.3) is 5.91 Å². The molecular weight excluding hydrogens is 405 g/mol. The highest BCUT2D eigenvalue weighted by Crippen LogP contribution is 2.21. The van der Waals surface area contributed by atoms with Gasteiger partial charge in [0.05, 0.1) is 5.69 Å². The number of aromatic nitrogens is 2. The van der Waals surface area contributed by atoms with Crippen molar-refractivity contribution in [1.29, 1.82) is 0 Å². The summed E-state index contributed by atoms with van der Waals surface area (Å²) in [6, 6.07) is 8.96. The van der Waals surface area contributed by atoms with E-state index >= 15 is 0 Å². The van der Waals surface area contributed by atoms with Crippen LogP contribution in [-0.4, -0.2) is 77.2 Å². The third kappa shape index (κ3) is 6.62. The monoisotopic (exact) mass is 443 g/mol. The van der Waals surface area contributed by atoms with Gasteiger partial charge >= 0.3 is 0 Å². The zero-order chi connectivity index (χ0) is 23.1. The van der Waals surface area contributed by atoms with E-state index in [9.17, 15) is 9.18 Å². The van der Waals surface area contributed by atoms with Crippen LogP contribution in [0.25, 0.3) is 0 Å². The Balaban J connectivity index is 1.69. The number of piperidine rings is 1. The van der Waals surface area contributed by atoms with E-state index in [1.165, 1.54) is 6.07 Å². The molecule has 0 unspecified atom stereocenters. The second-order valence-corrected chi connectivity index (χ2v) is 9.28. The number of nitrogens with zero attached hydrogens (tertiary/aromatic N) is 5. The molecule has 6 nitrogen and oxygen atoms in total. The first-order chi connectivity index (χ1) is 15.4. The molecule has 2 heterocycles. The highest BCUT2D eigenvalue weighted by atomic mass is 19.1. The topological polar surface area (TPSA) is 44.6 Å². The van der Waals surface area contributed by atoms with Crippen LogP contribution in [0.2, 0.25) is 0 Å². The molecule has 176 valence electrons. The van der Waals surface area contributed by atoms with Crippen molar-refractivity contribution in [2.24, 2.45) is 13.0 Å². The van der Waals surface area contributed by atoms with Crippen molar-refractivity contribution in [2.45, 2.75) is 39.2 Å². The maximum atomic E-state index is 14.1. The fourth-order valence-corrected chi connectivity index (χ4v) is 4.49. The fraction of sp³-hybridized carbons (Fsp3) is 0.600. The maximum Gasteiger partial charge on any atom is 0.272 e. The van der Waals surface area contributed by atoms with Gasteiger partial charge in [0.15, 0.2) is 0 Å². The first-order valence-corrected chi connectivity index (χ1v) is 11.8. The van der Waals surface area contributed by atoms with Crippen LogP contribution in [0.15, 0.2) is 30.3 Å². The number of amides is 1. The summed E-state index contributed by atoms with van der Waals surface area (Å²) < 4.78 is 15.8. The number of rotatable bonds is 10. The zero-order valence-electron chi connectivity index (χ0n) is 20.1. The highest BCUT2D eigenvalue weighted by Gasteiger charge is 2.27. The van der Waals surface area contributed by atoms with E-state index < -0.39 is 0 Å². The van der Waals surface area contributed by atoms with Gasteiger partial charge in [-0.3, -0.25) is 14.4 Å². The van der Waals surface area contributed by atoms with Crippen LogP contribution in [-0.2, 0) is 20.0 Å². The molecule has 0 spiro atoms. The number of hydrogen-bond donors (Lipinski definition) is 0. The lowest BCUT2D eigenvalue weighted by Gasteiger charge is -2.36. The molecule has 1 aromatic carbocycles. The quantitative estimate of drug-likeness (QED) is 0.564. The fourth-order valence-electron chi connectivity index (χ4n) is 4.49. The molecule has 0 saturated carbocycles. The van der Waals surface area contributed by atoms with Crippen molar-refractivity contribution < 1.29 is 9.18 Å². The number of aryl methyl sites for hydroxylation is 2. The van der Waals surface area contributed by atoms with Crippen molar-refractivity contribution in [1.82, 2.24) is 24.5 Å². The molecule has 1 aliphatic rings. The Labute approximate surface area is 192 Å². The minimum Gasteiger partial charge on any atom is -0.336 e. The summed E-state index contributed by atoms with van der Waals surface area (Å²) in [7, 11) is 5.92. The standard InChI is InChI=1S/C25H38FN5O/c1-5-9-22-16-24(29(4)27-22)25(32)31(15-14-28(2)3)18-20-10-8-13-30(17-20)19-21-11-6-7-12-23(21)26/h6-7,11-12,16,20H,5,8-10,13-15,17-19H2,1-4H3/t20-/m0/s1. The van der Waals surface area contributed by atoms with E-state index in [2.05, 4.69) is 21.8 Å². The molecule has 7 heteroatoms. The van der Waals surface area contributed by atoms with Gasteiger partial charge in [0.2, 0.25) is 0 Å². The normalized spacial score (nSPS) is 17.1. The summed E-state index contributed by atoms with van der Waals surface area (Å²) in [5.74, 6) is 0.289. The molecule has 1 fully saturated rings. The molecule has 1 aromatic heterocycles. The number of likely N-dealkylation sites (tertiary alicyclic amines) is 1. The Morgan fingerprint density at radius 3 is 2.75 bits per heavy atom. The lowest BCUT2D eigenvalue weighted by molar-refractivity contribution is 0.0649. The summed E-state index contributed by atoms with van der Waals surface area (Å²) in [4.78, 5) is 19.9. The molecule has 32 heavy (non-hydrogen) atoms. The van der Waals surface area contributed by atoms with Crippen LogP contribution in [0, 0.1) is 11.7 Å². The molecule has 0 radical (unpaired) electrons. The molecule has 3 rings (SSSR count).